The molecule has 0 saturated heterocycles. The number of nitrogens with one attached hydrogen (secondary N) is 2. The van der Waals surface area contributed by atoms with Crippen molar-refractivity contribution in [3.8, 4) is 5.75 Å². The number of nitrogens with zero attached hydrogens (tertiary/aromatic N) is 1. The third-order valence-corrected chi connectivity index (χ3v) is 5.15. The van der Waals surface area contributed by atoms with Crippen LogP contribution in [-0.2, 0) is 4.79 Å². The number of carbonyl (C=O) groups excluding carboxylic acids is 2. The summed E-state index contributed by atoms with van der Waals surface area (Å²) in [5.41, 5.74) is 1.23. The number of hydrogen-bond donors (Lipinski definition) is 2. The molecule has 0 saturated carbocycles. The van der Waals surface area contributed by atoms with E-state index in [0.29, 0.717) is 17.1 Å². The Morgan fingerprint density at radius 3 is 2.42 bits per heavy atom. The maximum atomic E-state index is 12.4. The van der Waals surface area contributed by atoms with E-state index in [0.717, 1.165) is 4.90 Å². The molecule has 31 heavy (non-hydrogen) atoms. The second-order valence-corrected chi connectivity index (χ2v) is 7.40. The van der Waals surface area contributed by atoms with Crippen LogP contribution >= 0.6 is 11.8 Å². The van der Waals surface area contributed by atoms with Gasteiger partial charge in [0.15, 0.2) is 0 Å². The van der Waals surface area contributed by atoms with Crippen molar-refractivity contribution in [2.45, 2.75) is 4.90 Å². The van der Waals surface area contributed by atoms with E-state index in [1.165, 1.54) is 36.0 Å². The van der Waals surface area contributed by atoms with Crippen LogP contribution in [0.5, 0.6) is 5.75 Å². The quantitative estimate of drug-likeness (QED) is 0.303. The Bertz CT molecular complexity index is 1100. The predicted octanol–water partition coefficient (Wildman–Crippen LogP) is 4.59. The van der Waals surface area contributed by atoms with Crippen LogP contribution in [0, 0.1) is 10.1 Å². The predicted molar refractivity (Wildman–Crippen MR) is 120 cm³/mol. The Morgan fingerprint density at radius 2 is 1.71 bits per heavy atom. The van der Waals surface area contributed by atoms with E-state index in [2.05, 4.69) is 10.6 Å². The Balaban J connectivity index is 1.57. The summed E-state index contributed by atoms with van der Waals surface area (Å²) >= 11 is 1.32. The highest BCUT2D eigenvalue weighted by atomic mass is 32.2. The van der Waals surface area contributed by atoms with Crippen molar-refractivity contribution in [2.24, 2.45) is 0 Å². The number of hydrogen-bond acceptors (Lipinski definition) is 6. The van der Waals surface area contributed by atoms with Gasteiger partial charge in [-0.3, -0.25) is 19.7 Å². The lowest BCUT2D eigenvalue weighted by Crippen LogP contribution is -2.14. The van der Waals surface area contributed by atoms with E-state index in [1.54, 1.807) is 49.6 Å². The topological polar surface area (TPSA) is 111 Å². The number of amides is 2. The number of benzene rings is 3. The highest BCUT2D eigenvalue weighted by Gasteiger charge is 2.12. The first-order valence-electron chi connectivity index (χ1n) is 9.17. The Morgan fingerprint density at radius 1 is 0.968 bits per heavy atom. The maximum absolute atomic E-state index is 12.4. The second kappa shape index (κ2) is 10.3. The van der Waals surface area contributed by atoms with Gasteiger partial charge in [-0.05, 0) is 48.5 Å². The highest BCUT2D eigenvalue weighted by molar-refractivity contribution is 8.00. The number of ether oxygens (including phenoxy) is 1. The summed E-state index contributed by atoms with van der Waals surface area (Å²) in [4.78, 5) is 35.7. The molecule has 0 unspecified atom stereocenters. The number of methoxy groups -OCH3 is 1. The molecule has 0 aliphatic carbocycles. The van der Waals surface area contributed by atoms with Gasteiger partial charge >= 0.3 is 0 Å². The molecule has 2 amide bonds. The Hall–Kier alpha value is -3.85. The molecule has 0 spiro atoms. The van der Waals surface area contributed by atoms with Gasteiger partial charge in [-0.2, -0.15) is 0 Å². The zero-order valence-corrected chi connectivity index (χ0v) is 17.3. The third-order valence-electron chi connectivity index (χ3n) is 4.15. The number of nitro groups is 1. The van der Waals surface area contributed by atoms with Crippen LogP contribution in [-0.4, -0.2) is 29.6 Å². The molecule has 3 aromatic carbocycles. The van der Waals surface area contributed by atoms with Crippen LogP contribution in [0.4, 0.5) is 17.1 Å². The van der Waals surface area contributed by atoms with Gasteiger partial charge in [-0.25, -0.2) is 0 Å². The summed E-state index contributed by atoms with van der Waals surface area (Å²) in [6, 6.07) is 19.6. The van der Waals surface area contributed by atoms with Crippen molar-refractivity contribution in [3.63, 3.8) is 0 Å². The first kappa shape index (κ1) is 21.8. The Labute approximate surface area is 182 Å². The molecule has 0 fully saturated rings. The molecule has 9 heteroatoms. The first-order chi connectivity index (χ1) is 14.9. The lowest BCUT2D eigenvalue weighted by molar-refractivity contribution is -0.384. The highest BCUT2D eigenvalue weighted by Crippen LogP contribution is 2.23. The molecule has 0 bridgehead atoms. The summed E-state index contributed by atoms with van der Waals surface area (Å²) in [6.45, 7) is 0. The summed E-state index contributed by atoms with van der Waals surface area (Å²) in [5, 5.41) is 16.4. The molecule has 0 aliphatic rings. The molecular weight excluding hydrogens is 418 g/mol. The zero-order valence-electron chi connectivity index (χ0n) is 16.5. The standard InChI is InChI=1S/C22H19N3O5S/c1-30-19-10-8-16(9-11-19)23-21(26)14-31-20-7-3-5-17(13-20)24-22(27)15-4-2-6-18(12-15)25(28)29/h2-13H,14H2,1H3,(H,23,26)(H,24,27). The molecule has 0 heterocycles. The van der Waals surface area contributed by atoms with Gasteiger partial charge in [0.05, 0.1) is 17.8 Å². The summed E-state index contributed by atoms with van der Waals surface area (Å²) in [6.07, 6.45) is 0. The largest absolute Gasteiger partial charge is 0.497 e. The van der Waals surface area contributed by atoms with E-state index in [-0.39, 0.29) is 22.9 Å². The molecular formula is C22H19N3O5S. The van der Waals surface area contributed by atoms with Crippen molar-refractivity contribution >= 4 is 40.6 Å². The van der Waals surface area contributed by atoms with Crippen LogP contribution in [0.2, 0.25) is 0 Å². The van der Waals surface area contributed by atoms with Crippen molar-refractivity contribution in [2.75, 3.05) is 23.5 Å². The van der Waals surface area contributed by atoms with E-state index in [1.807, 2.05) is 6.07 Å². The monoisotopic (exact) mass is 437 g/mol. The smallest absolute Gasteiger partial charge is 0.270 e. The van der Waals surface area contributed by atoms with Crippen LogP contribution < -0.4 is 15.4 Å². The average Bonchev–Trinajstić information content (AvgIpc) is 2.78. The number of rotatable bonds is 8. The Kier molecular flexibility index (Phi) is 7.23. The van der Waals surface area contributed by atoms with Crippen LogP contribution in [0.3, 0.4) is 0 Å². The molecule has 0 atom stereocenters. The van der Waals surface area contributed by atoms with Gasteiger partial charge < -0.3 is 15.4 Å². The summed E-state index contributed by atoms with van der Waals surface area (Å²) < 4.78 is 5.09. The van der Waals surface area contributed by atoms with Crippen molar-refractivity contribution in [3.05, 3.63) is 88.5 Å². The minimum Gasteiger partial charge on any atom is -0.497 e. The molecule has 3 aromatic rings. The normalized spacial score (nSPS) is 10.2. The van der Waals surface area contributed by atoms with Gasteiger partial charge in [-0.1, -0.05) is 12.1 Å². The fourth-order valence-electron chi connectivity index (χ4n) is 2.65. The number of nitro benzene ring substituents is 1. The van der Waals surface area contributed by atoms with Crippen molar-refractivity contribution < 1.29 is 19.2 Å². The maximum Gasteiger partial charge on any atom is 0.270 e. The lowest BCUT2D eigenvalue weighted by Gasteiger charge is -2.08. The van der Waals surface area contributed by atoms with E-state index in [4.69, 9.17) is 4.74 Å². The molecule has 8 nitrogen and oxygen atoms in total. The van der Waals surface area contributed by atoms with Gasteiger partial charge in [-0.15, -0.1) is 11.8 Å². The van der Waals surface area contributed by atoms with E-state index in [9.17, 15) is 19.7 Å². The lowest BCUT2D eigenvalue weighted by atomic mass is 10.2. The van der Waals surface area contributed by atoms with Crippen LogP contribution in [0.25, 0.3) is 0 Å². The molecule has 0 aromatic heterocycles. The van der Waals surface area contributed by atoms with Gasteiger partial charge in [0.1, 0.15) is 5.75 Å². The minimum atomic E-state index is -0.551. The molecule has 2 N–H and O–H groups in total. The molecule has 0 radical (unpaired) electrons. The average molecular weight is 437 g/mol. The number of non-ortho nitro benzene ring substituents is 1. The zero-order chi connectivity index (χ0) is 22.2. The van der Waals surface area contributed by atoms with Crippen molar-refractivity contribution in [1.82, 2.24) is 0 Å². The van der Waals surface area contributed by atoms with Crippen molar-refractivity contribution in [1.29, 1.82) is 0 Å². The number of carbonyl (C=O) groups is 2. The van der Waals surface area contributed by atoms with Gasteiger partial charge in [0, 0.05) is 34.0 Å². The fourth-order valence-corrected chi connectivity index (χ4v) is 3.40. The first-order valence-corrected chi connectivity index (χ1v) is 10.2. The van der Waals surface area contributed by atoms with Crippen LogP contribution in [0.15, 0.2) is 77.7 Å². The van der Waals surface area contributed by atoms with Crippen LogP contribution in [0.1, 0.15) is 10.4 Å². The third kappa shape index (κ3) is 6.31. The second-order valence-electron chi connectivity index (χ2n) is 6.35. The molecule has 0 aliphatic heterocycles. The van der Waals surface area contributed by atoms with Gasteiger partial charge in [0.2, 0.25) is 5.91 Å². The number of thioether (sulfide) groups is 1. The van der Waals surface area contributed by atoms with Gasteiger partial charge in [0.25, 0.3) is 11.6 Å². The minimum absolute atomic E-state index is 0.153. The molecule has 158 valence electrons. The molecule has 3 rings (SSSR count). The van der Waals surface area contributed by atoms with E-state index >= 15 is 0 Å². The summed E-state index contributed by atoms with van der Waals surface area (Å²) in [7, 11) is 1.57. The number of anilines is 2. The summed E-state index contributed by atoms with van der Waals surface area (Å²) in [5.74, 6) is 0.273. The fraction of sp³-hybridized carbons (Fsp3) is 0.0909. The SMILES string of the molecule is COc1ccc(NC(=O)CSc2cccc(NC(=O)c3cccc([N+](=O)[O-])c3)c2)cc1. The van der Waals surface area contributed by atoms with E-state index < -0.39 is 10.8 Å².